The van der Waals surface area contributed by atoms with E-state index in [2.05, 4.69) is 4.98 Å². The average Bonchev–Trinajstić information content (AvgIpc) is 3.22. The first-order chi connectivity index (χ1) is 15.4. The van der Waals surface area contributed by atoms with E-state index in [0.717, 1.165) is 11.6 Å². The first kappa shape index (κ1) is 22.0. The van der Waals surface area contributed by atoms with E-state index in [1.807, 2.05) is 24.3 Å². The van der Waals surface area contributed by atoms with Crippen LogP contribution in [0.1, 0.15) is 17.1 Å². The highest BCUT2D eigenvalue weighted by molar-refractivity contribution is 7.89. The summed E-state index contributed by atoms with van der Waals surface area (Å²) in [5.74, 6) is -0.279. The van der Waals surface area contributed by atoms with Crippen molar-refractivity contribution in [3.63, 3.8) is 0 Å². The minimum absolute atomic E-state index is 0.106. The monoisotopic (exact) mass is 472 g/mol. The minimum Gasteiger partial charge on any atom is -0.420 e. The first-order valence-electron chi connectivity index (χ1n) is 9.73. The molecule has 32 heavy (non-hydrogen) atoms. The Morgan fingerprint density at radius 2 is 1.75 bits per heavy atom. The third kappa shape index (κ3) is 4.39. The third-order valence-corrected chi connectivity index (χ3v) is 7.30. The average molecular weight is 473 g/mol. The van der Waals surface area contributed by atoms with Gasteiger partial charge in [-0.2, -0.15) is 14.6 Å². The van der Waals surface area contributed by atoms with Crippen LogP contribution in [0.5, 0.6) is 0 Å². The number of rotatable bonds is 5. The van der Waals surface area contributed by atoms with Crippen molar-refractivity contribution in [3.05, 3.63) is 76.5 Å². The highest BCUT2D eigenvalue weighted by atomic mass is 35.5. The Labute approximate surface area is 190 Å². The van der Waals surface area contributed by atoms with Crippen molar-refractivity contribution in [1.82, 2.24) is 9.29 Å². The van der Waals surface area contributed by atoms with Gasteiger partial charge in [0.25, 0.3) is 0 Å². The molecule has 1 aliphatic rings. The van der Waals surface area contributed by atoms with Gasteiger partial charge in [-0.25, -0.2) is 12.8 Å². The molecule has 7 nitrogen and oxygen atoms in total. The molecular formula is C22H18ClFN4O3S. The second-order valence-electron chi connectivity index (χ2n) is 6.99. The van der Waals surface area contributed by atoms with Gasteiger partial charge in [0.1, 0.15) is 16.8 Å². The number of sulfonamides is 1. The van der Waals surface area contributed by atoms with Crippen LogP contribution in [0.15, 0.2) is 57.8 Å². The molecule has 0 N–H and O–H groups in total. The fraction of sp³-hybridized carbons (Fsp3) is 0.182. The van der Waals surface area contributed by atoms with Crippen molar-refractivity contribution in [1.29, 1.82) is 5.26 Å². The summed E-state index contributed by atoms with van der Waals surface area (Å²) in [5.41, 5.74) is 0.883. The van der Waals surface area contributed by atoms with Gasteiger partial charge in [0.2, 0.25) is 27.5 Å². The molecule has 4 rings (SSSR count). The lowest BCUT2D eigenvalue weighted by Crippen LogP contribution is -2.48. The second-order valence-corrected chi connectivity index (χ2v) is 9.31. The summed E-state index contributed by atoms with van der Waals surface area (Å²) in [6.45, 7) is 0.774. The maximum atomic E-state index is 14.0. The van der Waals surface area contributed by atoms with Crippen molar-refractivity contribution in [3.8, 4) is 6.07 Å². The summed E-state index contributed by atoms with van der Waals surface area (Å²) in [6, 6.07) is 14.6. The lowest BCUT2D eigenvalue weighted by atomic mass is 10.2. The Morgan fingerprint density at radius 1 is 1.06 bits per heavy atom. The Balaban J connectivity index is 1.50. The van der Waals surface area contributed by atoms with Crippen molar-refractivity contribution in [2.24, 2.45) is 0 Å². The molecule has 0 amide bonds. The molecule has 0 unspecified atom stereocenters. The summed E-state index contributed by atoms with van der Waals surface area (Å²) in [7, 11) is -3.96. The molecular weight excluding hydrogens is 455 g/mol. The topological polar surface area (TPSA) is 90.4 Å². The maximum absolute atomic E-state index is 14.0. The quantitative estimate of drug-likeness (QED) is 0.557. The van der Waals surface area contributed by atoms with Crippen LogP contribution in [0, 0.1) is 17.1 Å². The number of anilines is 1. The molecule has 3 aromatic rings. The van der Waals surface area contributed by atoms with Gasteiger partial charge in [-0.3, -0.25) is 0 Å². The molecule has 0 spiro atoms. The molecule has 1 saturated heterocycles. The van der Waals surface area contributed by atoms with E-state index < -0.39 is 15.8 Å². The molecule has 0 atom stereocenters. The fourth-order valence-corrected chi connectivity index (χ4v) is 5.07. The van der Waals surface area contributed by atoms with E-state index in [9.17, 15) is 18.1 Å². The van der Waals surface area contributed by atoms with E-state index >= 15 is 0 Å². The predicted octanol–water partition coefficient (Wildman–Crippen LogP) is 4.02. The molecule has 0 aliphatic carbocycles. The largest absolute Gasteiger partial charge is 0.420 e. The number of halogens is 2. The molecule has 0 bridgehead atoms. The Morgan fingerprint density at radius 3 is 2.44 bits per heavy atom. The normalized spacial score (nSPS) is 15.2. The highest BCUT2D eigenvalue weighted by Gasteiger charge is 2.32. The van der Waals surface area contributed by atoms with Crippen molar-refractivity contribution >= 4 is 39.7 Å². The lowest BCUT2D eigenvalue weighted by Gasteiger charge is -2.33. The van der Waals surface area contributed by atoms with Crippen molar-refractivity contribution in [2.75, 3.05) is 31.1 Å². The maximum Gasteiger partial charge on any atom is 0.246 e. The minimum atomic E-state index is -3.96. The summed E-state index contributed by atoms with van der Waals surface area (Å²) in [4.78, 5) is 5.60. The van der Waals surface area contributed by atoms with Gasteiger partial charge in [-0.15, -0.1) is 0 Å². The number of oxazole rings is 1. The number of piperazine rings is 1. The van der Waals surface area contributed by atoms with Crippen molar-refractivity contribution in [2.45, 2.75) is 4.90 Å². The summed E-state index contributed by atoms with van der Waals surface area (Å²) < 4.78 is 46.6. The molecule has 0 saturated carbocycles. The van der Waals surface area contributed by atoms with Crippen LogP contribution in [-0.4, -0.2) is 43.9 Å². The van der Waals surface area contributed by atoms with Gasteiger partial charge in [0.15, 0.2) is 0 Å². The molecule has 0 radical (unpaired) electrons. The summed E-state index contributed by atoms with van der Waals surface area (Å²) >= 11 is 6.14. The molecule has 10 heteroatoms. The fourth-order valence-electron chi connectivity index (χ4n) is 3.38. The first-order valence-corrected chi connectivity index (χ1v) is 11.5. The van der Waals surface area contributed by atoms with Crippen LogP contribution in [-0.2, 0) is 10.0 Å². The number of nitriles is 1. The van der Waals surface area contributed by atoms with E-state index in [0.29, 0.717) is 5.02 Å². The van der Waals surface area contributed by atoms with Crippen molar-refractivity contribution < 1.29 is 17.2 Å². The van der Waals surface area contributed by atoms with E-state index in [1.165, 1.54) is 22.5 Å². The Kier molecular flexibility index (Phi) is 6.28. The standard InChI is InChI=1S/C22H18ClFN4O3S/c23-17-6-2-1-5-16(17)9-10-21-26-19(15-25)22(31-21)27-11-13-28(14-12-27)32(29,30)20-8-4-3-7-18(20)24/h1-10H,11-14H2. The zero-order valence-corrected chi connectivity index (χ0v) is 18.4. The van der Waals surface area contributed by atoms with Crippen LogP contribution in [0.4, 0.5) is 10.3 Å². The molecule has 164 valence electrons. The molecule has 1 aliphatic heterocycles. The van der Waals surface area contributed by atoms with Gasteiger partial charge in [0.05, 0.1) is 0 Å². The zero-order chi connectivity index (χ0) is 22.7. The van der Waals surface area contributed by atoms with Gasteiger partial charge in [0, 0.05) is 37.3 Å². The molecule has 2 heterocycles. The van der Waals surface area contributed by atoms with Gasteiger partial charge in [-0.05, 0) is 29.8 Å². The third-order valence-electron chi connectivity index (χ3n) is 5.02. The zero-order valence-electron chi connectivity index (χ0n) is 16.8. The lowest BCUT2D eigenvalue weighted by molar-refractivity contribution is 0.371. The number of nitrogens with zero attached hydrogens (tertiary/aromatic N) is 4. The molecule has 1 fully saturated rings. The van der Waals surface area contributed by atoms with E-state index in [1.54, 1.807) is 23.1 Å². The smallest absolute Gasteiger partial charge is 0.246 e. The highest BCUT2D eigenvalue weighted by Crippen LogP contribution is 2.27. The SMILES string of the molecule is N#Cc1nc(C=Cc2ccccc2Cl)oc1N1CCN(S(=O)(=O)c2ccccc2F)CC1. The second kappa shape index (κ2) is 9.12. The number of benzene rings is 2. The number of hydrogen-bond donors (Lipinski definition) is 0. The van der Waals surface area contributed by atoms with E-state index in [-0.39, 0.29) is 48.5 Å². The Bertz CT molecular complexity index is 1310. The molecule has 2 aromatic carbocycles. The van der Waals surface area contributed by atoms with Crippen LogP contribution < -0.4 is 4.90 Å². The summed E-state index contributed by atoms with van der Waals surface area (Å²) in [6.07, 6.45) is 3.35. The Hall–Kier alpha value is -3.19. The van der Waals surface area contributed by atoms with Crippen LogP contribution in [0.2, 0.25) is 5.02 Å². The summed E-state index contributed by atoms with van der Waals surface area (Å²) in [5, 5.41) is 10.0. The van der Waals surface area contributed by atoms with Gasteiger partial charge >= 0.3 is 0 Å². The predicted molar refractivity (Wildman–Crippen MR) is 119 cm³/mol. The van der Waals surface area contributed by atoms with Crippen LogP contribution >= 0.6 is 11.6 Å². The molecule has 1 aromatic heterocycles. The van der Waals surface area contributed by atoms with Crippen LogP contribution in [0.3, 0.4) is 0 Å². The number of hydrogen-bond acceptors (Lipinski definition) is 6. The van der Waals surface area contributed by atoms with E-state index in [4.69, 9.17) is 16.0 Å². The van der Waals surface area contributed by atoms with Crippen LogP contribution in [0.25, 0.3) is 12.2 Å². The number of aromatic nitrogens is 1. The van der Waals surface area contributed by atoms with Gasteiger partial charge in [-0.1, -0.05) is 41.9 Å². The van der Waals surface area contributed by atoms with Gasteiger partial charge < -0.3 is 9.32 Å².